The van der Waals surface area contributed by atoms with Crippen LogP contribution in [0.25, 0.3) is 0 Å². The molecule has 78 valence electrons. The summed E-state index contributed by atoms with van der Waals surface area (Å²) in [6.45, 7) is 6.26. The number of hydrogen-bond donors (Lipinski definition) is 0. The van der Waals surface area contributed by atoms with Crippen molar-refractivity contribution in [1.82, 2.24) is 9.88 Å². The van der Waals surface area contributed by atoms with E-state index in [1.54, 1.807) is 15.8 Å². The van der Waals surface area contributed by atoms with E-state index in [1.807, 2.05) is 7.05 Å². The lowest BCUT2D eigenvalue weighted by Gasteiger charge is -2.27. The van der Waals surface area contributed by atoms with Gasteiger partial charge in [-0.05, 0) is 12.8 Å². The van der Waals surface area contributed by atoms with Crippen LogP contribution in [0.2, 0.25) is 0 Å². The summed E-state index contributed by atoms with van der Waals surface area (Å²) in [6, 6.07) is 0.240. The van der Waals surface area contributed by atoms with Gasteiger partial charge in [-0.1, -0.05) is 13.8 Å². The molecule has 0 spiro atoms. The van der Waals surface area contributed by atoms with Crippen LogP contribution in [-0.2, 0) is 0 Å². The largest absolute Gasteiger partial charge is 0.337 e. The fourth-order valence-corrected chi connectivity index (χ4v) is 1.66. The zero-order chi connectivity index (χ0) is 10.7. The minimum atomic E-state index is 0.00690. The van der Waals surface area contributed by atoms with Crippen molar-refractivity contribution in [3.8, 4) is 0 Å². The third kappa shape index (κ3) is 2.32. The second-order valence-electron chi connectivity index (χ2n) is 3.77. The fourth-order valence-electron chi connectivity index (χ4n) is 1.13. The van der Waals surface area contributed by atoms with Crippen LogP contribution in [0.5, 0.6) is 0 Å². The minimum absolute atomic E-state index is 0.00690. The van der Waals surface area contributed by atoms with Gasteiger partial charge in [0.2, 0.25) is 0 Å². The van der Waals surface area contributed by atoms with Crippen LogP contribution >= 0.6 is 11.3 Å². The molecule has 0 bridgehead atoms. The Balaban J connectivity index is 2.71. The van der Waals surface area contributed by atoms with Crippen LogP contribution in [0, 0.1) is 5.92 Å². The van der Waals surface area contributed by atoms with Crippen molar-refractivity contribution in [2.75, 3.05) is 7.05 Å². The third-order valence-corrected chi connectivity index (χ3v) is 3.13. The molecule has 0 saturated heterocycles. The highest BCUT2D eigenvalue weighted by atomic mass is 32.1. The van der Waals surface area contributed by atoms with Gasteiger partial charge in [0.15, 0.2) is 0 Å². The zero-order valence-corrected chi connectivity index (χ0v) is 9.84. The topological polar surface area (TPSA) is 33.2 Å². The first kappa shape index (κ1) is 11.2. The molecule has 1 aromatic heterocycles. The molecule has 1 rings (SSSR count). The number of rotatable bonds is 3. The van der Waals surface area contributed by atoms with E-state index in [1.165, 1.54) is 11.3 Å². The molecule has 1 unspecified atom stereocenters. The summed E-state index contributed by atoms with van der Waals surface area (Å²) in [5.74, 6) is 0.468. The molecule has 1 atom stereocenters. The summed E-state index contributed by atoms with van der Waals surface area (Å²) in [5, 5.41) is 1.78. The van der Waals surface area contributed by atoms with Gasteiger partial charge >= 0.3 is 0 Å². The van der Waals surface area contributed by atoms with Crippen LogP contribution in [0.15, 0.2) is 10.9 Å². The molecule has 0 aliphatic rings. The van der Waals surface area contributed by atoms with E-state index >= 15 is 0 Å². The molecule has 3 nitrogen and oxygen atoms in total. The summed E-state index contributed by atoms with van der Waals surface area (Å²) < 4.78 is 0. The van der Waals surface area contributed by atoms with Crippen molar-refractivity contribution in [3.05, 3.63) is 16.6 Å². The molecule has 0 aromatic carbocycles. The highest BCUT2D eigenvalue weighted by Crippen LogP contribution is 2.12. The van der Waals surface area contributed by atoms with Crippen LogP contribution in [0.1, 0.15) is 31.3 Å². The normalized spacial score (nSPS) is 12.9. The number of nitrogens with zero attached hydrogens (tertiary/aromatic N) is 2. The van der Waals surface area contributed by atoms with Crippen molar-refractivity contribution in [1.29, 1.82) is 0 Å². The summed E-state index contributed by atoms with van der Waals surface area (Å²) in [5.41, 5.74) is 2.23. The molecular formula is C10H16N2OS. The first-order chi connectivity index (χ1) is 6.54. The second-order valence-corrected chi connectivity index (χ2v) is 4.49. The summed E-state index contributed by atoms with van der Waals surface area (Å²) in [7, 11) is 1.83. The lowest BCUT2D eigenvalue weighted by Crippen LogP contribution is -2.38. The van der Waals surface area contributed by atoms with E-state index in [4.69, 9.17) is 0 Å². The maximum absolute atomic E-state index is 11.8. The summed E-state index contributed by atoms with van der Waals surface area (Å²) >= 11 is 1.45. The van der Waals surface area contributed by atoms with Gasteiger partial charge in [0, 0.05) is 18.5 Å². The lowest BCUT2D eigenvalue weighted by atomic mass is 10.1. The molecule has 0 saturated carbocycles. The zero-order valence-electron chi connectivity index (χ0n) is 9.02. The average molecular weight is 212 g/mol. The van der Waals surface area contributed by atoms with Gasteiger partial charge in [0.05, 0.1) is 5.51 Å². The first-order valence-corrected chi connectivity index (χ1v) is 5.63. The number of aromatic nitrogens is 1. The van der Waals surface area contributed by atoms with Gasteiger partial charge in [-0.25, -0.2) is 4.98 Å². The monoisotopic (exact) mass is 212 g/mol. The van der Waals surface area contributed by atoms with Gasteiger partial charge in [0.1, 0.15) is 5.69 Å². The smallest absolute Gasteiger partial charge is 0.273 e. The van der Waals surface area contributed by atoms with Crippen molar-refractivity contribution in [3.63, 3.8) is 0 Å². The van der Waals surface area contributed by atoms with E-state index in [0.29, 0.717) is 11.6 Å². The van der Waals surface area contributed by atoms with Crippen LogP contribution < -0.4 is 0 Å². The van der Waals surface area contributed by atoms with Gasteiger partial charge < -0.3 is 4.90 Å². The van der Waals surface area contributed by atoms with Gasteiger partial charge in [0.25, 0.3) is 5.91 Å². The van der Waals surface area contributed by atoms with Gasteiger partial charge in [-0.2, -0.15) is 0 Å². The Morgan fingerprint density at radius 1 is 1.50 bits per heavy atom. The van der Waals surface area contributed by atoms with Crippen LogP contribution in [-0.4, -0.2) is 28.9 Å². The fraction of sp³-hybridized carbons (Fsp3) is 0.600. The number of amides is 1. The number of hydrogen-bond acceptors (Lipinski definition) is 3. The van der Waals surface area contributed by atoms with E-state index in [-0.39, 0.29) is 11.9 Å². The lowest BCUT2D eigenvalue weighted by molar-refractivity contribution is 0.0702. The highest BCUT2D eigenvalue weighted by Gasteiger charge is 2.20. The van der Waals surface area contributed by atoms with Crippen LogP contribution in [0.3, 0.4) is 0 Å². The molecular weight excluding hydrogens is 196 g/mol. The van der Waals surface area contributed by atoms with Gasteiger partial charge in [-0.15, -0.1) is 11.3 Å². The molecule has 14 heavy (non-hydrogen) atoms. The summed E-state index contributed by atoms with van der Waals surface area (Å²) in [6.07, 6.45) is 0. The molecule has 0 radical (unpaired) electrons. The Hall–Kier alpha value is -0.900. The van der Waals surface area contributed by atoms with E-state index in [2.05, 4.69) is 25.8 Å². The summed E-state index contributed by atoms with van der Waals surface area (Å²) in [4.78, 5) is 17.6. The predicted octanol–water partition coefficient (Wildman–Crippen LogP) is 2.26. The number of thiazole rings is 1. The van der Waals surface area contributed by atoms with Gasteiger partial charge in [-0.3, -0.25) is 4.79 Å². The Labute approximate surface area is 88.8 Å². The quantitative estimate of drug-likeness (QED) is 0.770. The molecule has 1 aromatic rings. The standard InChI is InChI=1S/C10H16N2OS/c1-7(2)8(3)12(4)10(13)9-5-14-6-11-9/h5-8H,1-4H3. The third-order valence-electron chi connectivity index (χ3n) is 2.55. The molecule has 4 heteroatoms. The van der Waals surface area contributed by atoms with Crippen molar-refractivity contribution < 1.29 is 4.79 Å². The minimum Gasteiger partial charge on any atom is -0.337 e. The van der Waals surface area contributed by atoms with Crippen LogP contribution in [0.4, 0.5) is 0 Å². The molecule has 1 amide bonds. The van der Waals surface area contributed by atoms with Crippen molar-refractivity contribution >= 4 is 17.2 Å². The first-order valence-electron chi connectivity index (χ1n) is 4.69. The van der Waals surface area contributed by atoms with E-state index in [0.717, 1.165) is 0 Å². The maximum atomic E-state index is 11.8. The number of carbonyl (C=O) groups excluding carboxylic acids is 1. The van der Waals surface area contributed by atoms with E-state index in [9.17, 15) is 4.79 Å². The highest BCUT2D eigenvalue weighted by molar-refractivity contribution is 7.07. The molecule has 0 N–H and O–H groups in total. The Morgan fingerprint density at radius 2 is 2.14 bits per heavy atom. The maximum Gasteiger partial charge on any atom is 0.273 e. The van der Waals surface area contributed by atoms with E-state index < -0.39 is 0 Å². The average Bonchev–Trinajstić information content (AvgIpc) is 2.67. The Morgan fingerprint density at radius 3 is 2.57 bits per heavy atom. The molecule has 0 fully saturated rings. The SMILES string of the molecule is CC(C)C(C)N(C)C(=O)c1cscn1. The molecule has 0 aliphatic carbocycles. The van der Waals surface area contributed by atoms with Crippen molar-refractivity contribution in [2.45, 2.75) is 26.8 Å². The number of carbonyl (C=O) groups is 1. The van der Waals surface area contributed by atoms with Crippen molar-refractivity contribution in [2.24, 2.45) is 5.92 Å². The Bertz CT molecular complexity index is 295. The second kappa shape index (κ2) is 4.55. The Kier molecular flexibility index (Phi) is 3.63. The molecule has 0 aliphatic heterocycles. The predicted molar refractivity (Wildman–Crippen MR) is 58.5 cm³/mol. The molecule has 1 heterocycles.